The van der Waals surface area contributed by atoms with Gasteiger partial charge in [-0.1, -0.05) is 6.92 Å². The summed E-state index contributed by atoms with van der Waals surface area (Å²) in [4.78, 5) is 0. The van der Waals surface area contributed by atoms with Crippen LogP contribution in [0.1, 0.15) is 45.4 Å². The number of rotatable bonds is 7. The Morgan fingerprint density at radius 1 is 1.37 bits per heavy atom. The van der Waals surface area contributed by atoms with Crippen molar-refractivity contribution in [3.63, 3.8) is 0 Å². The van der Waals surface area contributed by atoms with Gasteiger partial charge in [-0.15, -0.1) is 0 Å². The Bertz CT molecular complexity index is 390. The summed E-state index contributed by atoms with van der Waals surface area (Å²) in [5, 5.41) is 3.54. The van der Waals surface area contributed by atoms with Gasteiger partial charge >= 0.3 is 0 Å². The molecule has 0 spiro atoms. The summed E-state index contributed by atoms with van der Waals surface area (Å²) in [7, 11) is -3.00. The molecule has 0 aromatic rings. The molecule has 0 bridgehead atoms. The summed E-state index contributed by atoms with van der Waals surface area (Å²) in [6.07, 6.45) is 8.58. The lowest BCUT2D eigenvalue weighted by molar-refractivity contribution is 0.220. The van der Waals surface area contributed by atoms with Crippen LogP contribution in [-0.4, -0.2) is 45.2 Å². The quantitative estimate of drug-likeness (QED) is 0.727. The number of piperidine rings is 1. The minimum Gasteiger partial charge on any atom is -0.316 e. The minimum absolute atomic E-state index is 0.486. The lowest BCUT2D eigenvalue weighted by atomic mass is 9.87. The number of hydrogen-bond donors (Lipinski definition) is 1. The van der Waals surface area contributed by atoms with Gasteiger partial charge in [0.05, 0.1) is 6.26 Å². The van der Waals surface area contributed by atoms with E-state index in [2.05, 4.69) is 12.2 Å². The fraction of sp³-hybridized carbons (Fsp3) is 1.00. The Morgan fingerprint density at radius 3 is 2.68 bits per heavy atom. The zero-order chi connectivity index (χ0) is 13.9. The molecule has 1 atom stereocenters. The first-order valence-corrected chi connectivity index (χ1v) is 9.46. The largest absolute Gasteiger partial charge is 0.316 e. The normalized spacial score (nSPS) is 27.4. The lowest BCUT2D eigenvalue weighted by Crippen LogP contribution is -2.40. The van der Waals surface area contributed by atoms with E-state index < -0.39 is 10.0 Å². The lowest BCUT2D eigenvalue weighted by Gasteiger charge is -2.33. The third-order valence-electron chi connectivity index (χ3n) is 4.56. The summed E-state index contributed by atoms with van der Waals surface area (Å²) in [5.74, 6) is 0.564. The molecule has 0 amide bonds. The van der Waals surface area contributed by atoms with Gasteiger partial charge in [-0.3, -0.25) is 0 Å². The topological polar surface area (TPSA) is 49.4 Å². The predicted molar refractivity (Wildman–Crippen MR) is 78.6 cm³/mol. The molecular formula is C14H28N2O2S. The second kappa shape index (κ2) is 6.10. The van der Waals surface area contributed by atoms with Crippen LogP contribution in [0.5, 0.6) is 0 Å². The smallest absolute Gasteiger partial charge is 0.211 e. The molecule has 19 heavy (non-hydrogen) atoms. The van der Waals surface area contributed by atoms with Crippen LogP contribution in [0.3, 0.4) is 0 Å². The second-order valence-electron chi connectivity index (χ2n) is 6.51. The first-order chi connectivity index (χ1) is 8.95. The van der Waals surface area contributed by atoms with Gasteiger partial charge in [-0.25, -0.2) is 12.7 Å². The van der Waals surface area contributed by atoms with Crippen LogP contribution in [-0.2, 0) is 10.0 Å². The van der Waals surface area contributed by atoms with Gasteiger partial charge in [0.2, 0.25) is 10.0 Å². The van der Waals surface area contributed by atoms with Crippen LogP contribution in [0.25, 0.3) is 0 Å². The summed E-state index contributed by atoms with van der Waals surface area (Å²) in [6, 6.07) is 0. The Labute approximate surface area is 118 Å². The van der Waals surface area contributed by atoms with Crippen LogP contribution >= 0.6 is 0 Å². The van der Waals surface area contributed by atoms with Crippen molar-refractivity contribution in [3.8, 4) is 0 Å². The van der Waals surface area contributed by atoms with Crippen LogP contribution in [0.4, 0.5) is 0 Å². The summed E-state index contributed by atoms with van der Waals surface area (Å²) < 4.78 is 25.0. The Hall–Kier alpha value is -0.130. The number of sulfonamides is 1. The first kappa shape index (κ1) is 15.3. The van der Waals surface area contributed by atoms with E-state index in [0.717, 1.165) is 32.6 Å². The molecule has 5 heteroatoms. The third kappa shape index (κ3) is 4.43. The SMILES string of the molecule is CCCNCC1(CC2CCCN(S(C)(=O)=O)C2)CC1. The molecule has 0 aromatic heterocycles. The van der Waals surface area contributed by atoms with Gasteiger partial charge in [-0.2, -0.15) is 0 Å². The van der Waals surface area contributed by atoms with E-state index in [9.17, 15) is 8.42 Å². The van der Waals surface area contributed by atoms with Crippen molar-refractivity contribution >= 4 is 10.0 Å². The van der Waals surface area contributed by atoms with Gasteiger partial charge in [0, 0.05) is 19.6 Å². The van der Waals surface area contributed by atoms with Crippen molar-refractivity contribution in [2.75, 3.05) is 32.4 Å². The predicted octanol–water partition coefficient (Wildman–Crippen LogP) is 1.83. The Morgan fingerprint density at radius 2 is 2.11 bits per heavy atom. The molecule has 1 unspecified atom stereocenters. The minimum atomic E-state index is -3.00. The molecule has 1 N–H and O–H groups in total. The van der Waals surface area contributed by atoms with Crippen molar-refractivity contribution in [1.82, 2.24) is 9.62 Å². The number of nitrogens with zero attached hydrogens (tertiary/aromatic N) is 1. The van der Waals surface area contributed by atoms with Crippen LogP contribution in [0, 0.1) is 11.3 Å². The molecule has 1 heterocycles. The maximum absolute atomic E-state index is 11.6. The number of hydrogen-bond acceptors (Lipinski definition) is 3. The molecule has 1 aliphatic heterocycles. The average Bonchev–Trinajstić information content (AvgIpc) is 3.09. The van der Waals surface area contributed by atoms with Crippen molar-refractivity contribution in [1.29, 1.82) is 0 Å². The summed E-state index contributed by atoms with van der Waals surface area (Å²) in [5.41, 5.74) is 0.486. The molecule has 1 saturated heterocycles. The standard InChI is InChI=1S/C14H28N2O2S/c1-3-8-15-12-14(6-7-14)10-13-5-4-9-16(11-13)19(2,17)18/h13,15H,3-12H2,1-2H3. The highest BCUT2D eigenvalue weighted by Gasteiger charge is 2.44. The van der Waals surface area contributed by atoms with Gasteiger partial charge in [0.15, 0.2) is 0 Å². The molecule has 2 fully saturated rings. The van der Waals surface area contributed by atoms with E-state index in [1.54, 1.807) is 4.31 Å². The summed E-state index contributed by atoms with van der Waals surface area (Å²) in [6.45, 7) is 5.88. The molecule has 4 nitrogen and oxygen atoms in total. The van der Waals surface area contributed by atoms with E-state index in [1.807, 2.05) is 0 Å². The number of nitrogens with one attached hydrogen (secondary N) is 1. The maximum Gasteiger partial charge on any atom is 0.211 e. The molecule has 0 radical (unpaired) electrons. The highest BCUT2D eigenvalue weighted by Crippen LogP contribution is 2.51. The highest BCUT2D eigenvalue weighted by atomic mass is 32.2. The van der Waals surface area contributed by atoms with Gasteiger partial charge in [0.25, 0.3) is 0 Å². The van der Waals surface area contributed by atoms with E-state index in [1.165, 1.54) is 38.4 Å². The van der Waals surface area contributed by atoms with Crippen LogP contribution < -0.4 is 5.32 Å². The fourth-order valence-electron chi connectivity index (χ4n) is 3.27. The van der Waals surface area contributed by atoms with E-state index in [-0.39, 0.29) is 0 Å². The molecule has 0 aromatic carbocycles. The van der Waals surface area contributed by atoms with Crippen molar-refractivity contribution < 1.29 is 8.42 Å². The Kier molecular flexibility index (Phi) is 4.90. The van der Waals surface area contributed by atoms with Crippen molar-refractivity contribution in [2.45, 2.75) is 45.4 Å². The molecule has 2 rings (SSSR count). The van der Waals surface area contributed by atoms with Gasteiger partial charge < -0.3 is 5.32 Å². The molecule has 112 valence electrons. The summed E-state index contributed by atoms with van der Waals surface area (Å²) >= 11 is 0. The fourth-order valence-corrected chi connectivity index (χ4v) is 4.21. The second-order valence-corrected chi connectivity index (χ2v) is 8.49. The zero-order valence-electron chi connectivity index (χ0n) is 12.3. The van der Waals surface area contributed by atoms with E-state index in [0.29, 0.717) is 11.3 Å². The third-order valence-corrected chi connectivity index (χ3v) is 5.83. The molecule has 1 aliphatic carbocycles. The van der Waals surface area contributed by atoms with Crippen LogP contribution in [0.15, 0.2) is 0 Å². The monoisotopic (exact) mass is 288 g/mol. The molecular weight excluding hydrogens is 260 g/mol. The van der Waals surface area contributed by atoms with E-state index in [4.69, 9.17) is 0 Å². The van der Waals surface area contributed by atoms with Crippen molar-refractivity contribution in [2.24, 2.45) is 11.3 Å². The Balaban J connectivity index is 1.82. The molecule has 2 aliphatic rings. The maximum atomic E-state index is 11.6. The van der Waals surface area contributed by atoms with Gasteiger partial charge in [0.1, 0.15) is 0 Å². The van der Waals surface area contributed by atoms with Gasteiger partial charge in [-0.05, 0) is 56.4 Å². The zero-order valence-corrected chi connectivity index (χ0v) is 13.1. The van der Waals surface area contributed by atoms with E-state index >= 15 is 0 Å². The average molecular weight is 288 g/mol. The highest BCUT2D eigenvalue weighted by molar-refractivity contribution is 7.88. The van der Waals surface area contributed by atoms with Crippen LogP contribution in [0.2, 0.25) is 0 Å². The molecule has 1 saturated carbocycles. The first-order valence-electron chi connectivity index (χ1n) is 7.61. The van der Waals surface area contributed by atoms with Crippen molar-refractivity contribution in [3.05, 3.63) is 0 Å².